The van der Waals surface area contributed by atoms with Crippen molar-refractivity contribution in [3.8, 4) is 33.4 Å². The number of anilines is 3. The maximum absolute atomic E-state index is 2.44. The molecule has 0 amide bonds. The lowest BCUT2D eigenvalue weighted by molar-refractivity contribution is 0.660. The number of allylic oxidation sites excluding steroid dienone is 8. The topological polar surface area (TPSA) is 3.24 Å². The molecule has 9 rings (SSSR count). The highest BCUT2D eigenvalue weighted by molar-refractivity contribution is 5.88. The minimum atomic E-state index is -0.0560. The van der Waals surface area contributed by atoms with Gasteiger partial charge in [0.1, 0.15) is 0 Å². The highest BCUT2D eigenvalue weighted by Gasteiger charge is 2.36. The minimum absolute atomic E-state index is 0.0560. The summed E-state index contributed by atoms with van der Waals surface area (Å²) in [5.41, 5.74) is 21.9. The van der Waals surface area contributed by atoms with Crippen LogP contribution in [0.5, 0.6) is 0 Å². The first kappa shape index (κ1) is 33.9. The Balaban J connectivity index is 1.06. The predicted molar refractivity (Wildman–Crippen MR) is 232 cm³/mol. The Morgan fingerprint density at radius 1 is 0.481 bits per heavy atom. The molecule has 0 aliphatic heterocycles. The molecule has 0 radical (unpaired) electrons. The van der Waals surface area contributed by atoms with E-state index in [0.29, 0.717) is 0 Å². The number of rotatable bonds is 7. The van der Waals surface area contributed by atoms with Crippen molar-refractivity contribution in [1.29, 1.82) is 0 Å². The Morgan fingerprint density at radius 2 is 1.17 bits per heavy atom. The fourth-order valence-electron chi connectivity index (χ4n) is 8.78. The van der Waals surface area contributed by atoms with E-state index in [2.05, 4.69) is 196 Å². The van der Waals surface area contributed by atoms with Gasteiger partial charge in [0.05, 0.1) is 0 Å². The van der Waals surface area contributed by atoms with Crippen LogP contribution in [0.25, 0.3) is 44.5 Å². The summed E-state index contributed by atoms with van der Waals surface area (Å²) in [6.07, 6.45) is 16.1. The van der Waals surface area contributed by atoms with E-state index >= 15 is 0 Å². The molecule has 0 saturated heterocycles. The van der Waals surface area contributed by atoms with E-state index in [-0.39, 0.29) is 5.41 Å². The molecule has 6 aromatic rings. The van der Waals surface area contributed by atoms with Crippen LogP contribution in [0.1, 0.15) is 74.3 Å². The van der Waals surface area contributed by atoms with E-state index in [1.54, 1.807) is 0 Å². The molecule has 54 heavy (non-hydrogen) atoms. The Kier molecular flexibility index (Phi) is 8.67. The van der Waals surface area contributed by atoms with E-state index in [0.717, 1.165) is 42.7 Å². The van der Waals surface area contributed by atoms with Crippen molar-refractivity contribution in [2.24, 2.45) is 0 Å². The normalized spacial score (nSPS) is 15.5. The second-order valence-electron chi connectivity index (χ2n) is 15.7. The molecule has 0 bridgehead atoms. The van der Waals surface area contributed by atoms with Gasteiger partial charge in [0.25, 0.3) is 0 Å². The van der Waals surface area contributed by atoms with Crippen molar-refractivity contribution >= 4 is 28.2 Å². The molecule has 6 aromatic carbocycles. The summed E-state index contributed by atoms with van der Waals surface area (Å²) in [5, 5.41) is 0. The number of hydrogen-bond acceptors (Lipinski definition) is 1. The van der Waals surface area contributed by atoms with Gasteiger partial charge in [0, 0.05) is 22.5 Å². The van der Waals surface area contributed by atoms with Gasteiger partial charge in [-0.05, 0) is 166 Å². The molecule has 1 heteroatoms. The summed E-state index contributed by atoms with van der Waals surface area (Å²) < 4.78 is 0. The van der Waals surface area contributed by atoms with Crippen LogP contribution in [0.2, 0.25) is 0 Å². The average Bonchev–Trinajstić information content (AvgIpc) is 3.44. The number of fused-ring (bicyclic) bond motifs is 3. The van der Waals surface area contributed by atoms with Crippen LogP contribution in [-0.4, -0.2) is 0 Å². The van der Waals surface area contributed by atoms with Crippen LogP contribution in [0, 0.1) is 6.92 Å². The van der Waals surface area contributed by atoms with Gasteiger partial charge in [0.15, 0.2) is 0 Å². The third-order valence-electron chi connectivity index (χ3n) is 11.9. The second kappa shape index (κ2) is 13.8. The summed E-state index contributed by atoms with van der Waals surface area (Å²) in [6.45, 7) is 9.25. The van der Waals surface area contributed by atoms with Gasteiger partial charge < -0.3 is 4.90 Å². The number of aryl methyl sites for hydroxylation is 1. The minimum Gasteiger partial charge on any atom is -0.310 e. The van der Waals surface area contributed by atoms with Crippen LogP contribution in [0.4, 0.5) is 17.1 Å². The van der Waals surface area contributed by atoms with Gasteiger partial charge >= 0.3 is 0 Å². The van der Waals surface area contributed by atoms with Crippen molar-refractivity contribution < 1.29 is 0 Å². The quantitative estimate of drug-likeness (QED) is 0.160. The van der Waals surface area contributed by atoms with Crippen LogP contribution < -0.4 is 4.90 Å². The molecular formula is C53H47N. The molecule has 264 valence electrons. The molecule has 0 atom stereocenters. The zero-order chi connectivity index (χ0) is 36.8. The Bertz CT molecular complexity index is 2520. The fourth-order valence-corrected chi connectivity index (χ4v) is 8.78. The maximum atomic E-state index is 2.44. The third kappa shape index (κ3) is 6.08. The van der Waals surface area contributed by atoms with E-state index in [9.17, 15) is 0 Å². The van der Waals surface area contributed by atoms with Crippen LogP contribution >= 0.6 is 0 Å². The summed E-state index contributed by atoms with van der Waals surface area (Å²) >= 11 is 0. The van der Waals surface area contributed by atoms with Crippen molar-refractivity contribution in [2.45, 2.75) is 58.8 Å². The number of nitrogens with zero attached hydrogens (tertiary/aromatic N) is 1. The SMILES string of the molecule is CC1=C(c2cc(-c3ccc(N(c4ccccc4)c4cccc(-c5ccc6c(c5)-c5ccc(C7=CCCC=C7)cc5C6(C)C)c4)cc3)ccc2C)C=CCC1. The van der Waals surface area contributed by atoms with Gasteiger partial charge in [-0.25, -0.2) is 0 Å². The molecule has 0 aromatic heterocycles. The Hall–Kier alpha value is -5.92. The molecule has 0 saturated carbocycles. The van der Waals surface area contributed by atoms with Crippen LogP contribution in [0.15, 0.2) is 169 Å². The monoisotopic (exact) mass is 697 g/mol. The highest BCUT2D eigenvalue weighted by Crippen LogP contribution is 2.51. The first-order chi connectivity index (χ1) is 26.3. The lowest BCUT2D eigenvalue weighted by atomic mass is 9.81. The second-order valence-corrected chi connectivity index (χ2v) is 15.7. The highest BCUT2D eigenvalue weighted by atomic mass is 15.1. The van der Waals surface area contributed by atoms with Crippen molar-refractivity contribution in [3.63, 3.8) is 0 Å². The average molecular weight is 698 g/mol. The molecule has 0 spiro atoms. The van der Waals surface area contributed by atoms with E-state index in [1.165, 1.54) is 77.9 Å². The number of hydrogen-bond donors (Lipinski definition) is 0. The molecule has 0 fully saturated rings. The molecule has 0 N–H and O–H groups in total. The zero-order valence-corrected chi connectivity index (χ0v) is 31.9. The van der Waals surface area contributed by atoms with Gasteiger partial charge in [-0.3, -0.25) is 0 Å². The zero-order valence-electron chi connectivity index (χ0n) is 31.9. The van der Waals surface area contributed by atoms with E-state index < -0.39 is 0 Å². The molecule has 1 nitrogen and oxygen atoms in total. The number of benzene rings is 6. The largest absolute Gasteiger partial charge is 0.310 e. The van der Waals surface area contributed by atoms with E-state index in [1.807, 2.05) is 0 Å². The first-order valence-corrected chi connectivity index (χ1v) is 19.5. The van der Waals surface area contributed by atoms with Gasteiger partial charge in [0.2, 0.25) is 0 Å². The molecule has 0 unspecified atom stereocenters. The first-order valence-electron chi connectivity index (χ1n) is 19.5. The van der Waals surface area contributed by atoms with Crippen molar-refractivity contribution in [2.75, 3.05) is 4.90 Å². The van der Waals surface area contributed by atoms with Crippen LogP contribution in [0.3, 0.4) is 0 Å². The van der Waals surface area contributed by atoms with E-state index in [4.69, 9.17) is 0 Å². The maximum Gasteiger partial charge on any atom is 0.0467 e. The fraction of sp³-hybridized carbons (Fsp3) is 0.170. The molecule has 3 aliphatic carbocycles. The van der Waals surface area contributed by atoms with Gasteiger partial charge in [-0.1, -0.05) is 129 Å². The van der Waals surface area contributed by atoms with Crippen molar-refractivity contribution in [1.82, 2.24) is 0 Å². The summed E-state index contributed by atoms with van der Waals surface area (Å²) in [5.74, 6) is 0. The lowest BCUT2D eigenvalue weighted by Gasteiger charge is -2.26. The predicted octanol–water partition coefficient (Wildman–Crippen LogP) is 15.0. The molecule has 0 heterocycles. The summed E-state index contributed by atoms with van der Waals surface area (Å²) in [7, 11) is 0. The third-order valence-corrected chi connectivity index (χ3v) is 11.9. The van der Waals surface area contributed by atoms with Gasteiger partial charge in [-0.15, -0.1) is 0 Å². The lowest BCUT2D eigenvalue weighted by Crippen LogP contribution is -2.15. The van der Waals surface area contributed by atoms with Crippen molar-refractivity contribution in [3.05, 3.63) is 197 Å². The Labute approximate surface area is 321 Å². The smallest absolute Gasteiger partial charge is 0.0467 e. The van der Waals surface area contributed by atoms with Gasteiger partial charge in [-0.2, -0.15) is 0 Å². The molecular weight excluding hydrogens is 651 g/mol. The number of para-hydroxylation sites is 1. The molecule has 3 aliphatic rings. The standard InChI is InChI=1S/C53H47N/c1-36-14-11-12-21-47(36)49-33-41(23-22-37(49)2)39-24-28-45(29-25-39)54(44-18-9-6-10-19-44)46-20-13-17-40(32-46)42-27-31-51-50(34-42)48-30-26-43(35-52(48)53(51,3)4)38-15-7-5-8-16-38/h6-7,9-10,12-13,15-35H,5,8,11,14H2,1-4H3. The summed E-state index contributed by atoms with van der Waals surface area (Å²) in [4.78, 5) is 2.37. The Morgan fingerprint density at radius 3 is 1.96 bits per heavy atom. The van der Waals surface area contributed by atoms with Crippen LogP contribution in [-0.2, 0) is 5.41 Å². The summed E-state index contributed by atoms with van der Waals surface area (Å²) in [6, 6.07) is 49.9.